The van der Waals surface area contributed by atoms with Gasteiger partial charge in [-0.1, -0.05) is 20.8 Å². The summed E-state index contributed by atoms with van der Waals surface area (Å²) in [5.41, 5.74) is -0.605. The van der Waals surface area contributed by atoms with Gasteiger partial charge in [-0.05, 0) is 32.1 Å². The van der Waals surface area contributed by atoms with Crippen molar-refractivity contribution in [3.05, 3.63) is 18.0 Å². The number of nitrogens with zero attached hydrogens (tertiary/aromatic N) is 5. The molecule has 0 unspecified atom stereocenters. The molecular weight excluding hydrogens is 421 g/mol. The van der Waals surface area contributed by atoms with Crippen LogP contribution in [0.4, 0.5) is 23.9 Å². The highest BCUT2D eigenvalue weighted by Gasteiger charge is 2.36. The molecule has 1 aromatic rings. The molecule has 0 aromatic carbocycles. The second-order valence-corrected chi connectivity index (χ2v) is 10.3. The normalized spacial score (nSPS) is 24.0. The molecule has 0 bridgehead atoms. The Kier molecular flexibility index (Phi) is 7.21. The van der Waals surface area contributed by atoms with E-state index in [1.54, 1.807) is 0 Å². The average Bonchev–Trinajstić information content (AvgIpc) is 2.67. The van der Waals surface area contributed by atoms with E-state index >= 15 is 0 Å². The Morgan fingerprint density at radius 1 is 1.06 bits per heavy atom. The van der Waals surface area contributed by atoms with Crippen LogP contribution in [0.5, 0.6) is 0 Å². The number of amides is 2. The minimum Gasteiger partial charge on any atom is -0.337 e. The third-order valence-corrected chi connectivity index (χ3v) is 6.01. The Hall–Kier alpha value is -2.10. The minimum atomic E-state index is -4.46. The number of urea groups is 1. The lowest BCUT2D eigenvalue weighted by molar-refractivity contribution is -0.138. The van der Waals surface area contributed by atoms with Gasteiger partial charge in [0.05, 0.1) is 5.56 Å². The van der Waals surface area contributed by atoms with Crippen LogP contribution < -0.4 is 10.2 Å². The van der Waals surface area contributed by atoms with Crippen LogP contribution in [0.2, 0.25) is 0 Å². The van der Waals surface area contributed by atoms with Gasteiger partial charge in [-0.3, -0.25) is 0 Å². The molecule has 180 valence electrons. The third kappa shape index (κ3) is 6.24. The number of carbonyl (C=O) groups is 1. The van der Waals surface area contributed by atoms with Crippen molar-refractivity contribution in [1.29, 1.82) is 0 Å². The van der Waals surface area contributed by atoms with Gasteiger partial charge in [0.1, 0.15) is 0 Å². The first-order valence-electron chi connectivity index (χ1n) is 11.3. The lowest BCUT2D eigenvalue weighted by Crippen LogP contribution is -2.62. The number of anilines is 1. The first-order valence-corrected chi connectivity index (χ1v) is 11.3. The van der Waals surface area contributed by atoms with Gasteiger partial charge in [0.25, 0.3) is 0 Å². The smallest absolute Gasteiger partial charge is 0.337 e. The predicted octanol–water partition coefficient (Wildman–Crippen LogP) is 3.61. The molecule has 2 amide bonds. The zero-order chi connectivity index (χ0) is 23.7. The van der Waals surface area contributed by atoms with Crippen molar-refractivity contribution in [2.75, 3.05) is 37.6 Å². The number of carbonyl (C=O) groups excluding carboxylic acids is 1. The number of likely N-dealkylation sites (tertiary alicyclic amines) is 1. The molecule has 0 saturated carbocycles. The maximum absolute atomic E-state index is 13.0. The summed E-state index contributed by atoms with van der Waals surface area (Å²) in [6.45, 7) is 14.5. The minimum absolute atomic E-state index is 0.0766. The lowest BCUT2D eigenvalue weighted by Gasteiger charge is -2.45. The lowest BCUT2D eigenvalue weighted by atomic mass is 9.94. The number of nitrogens with one attached hydrogen (secondary N) is 1. The molecule has 0 radical (unpaired) electrons. The summed E-state index contributed by atoms with van der Waals surface area (Å²) in [5, 5.41) is 3.20. The molecule has 7 nitrogen and oxygen atoms in total. The van der Waals surface area contributed by atoms with Crippen LogP contribution in [-0.4, -0.2) is 76.6 Å². The van der Waals surface area contributed by atoms with Crippen LogP contribution in [0.3, 0.4) is 0 Å². The zero-order valence-corrected chi connectivity index (χ0v) is 19.6. The summed E-state index contributed by atoms with van der Waals surface area (Å²) in [6.07, 6.45) is -0.974. The molecule has 0 aliphatic carbocycles. The first kappa shape index (κ1) is 24.5. The summed E-state index contributed by atoms with van der Waals surface area (Å²) in [5.74, 6) is 0.253. The highest BCUT2D eigenvalue weighted by atomic mass is 19.4. The summed E-state index contributed by atoms with van der Waals surface area (Å²) < 4.78 is 38.3. The number of piperidine rings is 1. The molecule has 2 aliphatic heterocycles. The van der Waals surface area contributed by atoms with E-state index < -0.39 is 11.7 Å². The van der Waals surface area contributed by atoms with E-state index in [1.807, 2.05) is 23.6 Å². The monoisotopic (exact) mass is 456 g/mol. The molecule has 3 rings (SSSR count). The van der Waals surface area contributed by atoms with Crippen molar-refractivity contribution in [3.8, 4) is 0 Å². The Morgan fingerprint density at radius 2 is 1.59 bits per heavy atom. The van der Waals surface area contributed by atoms with Crippen LogP contribution in [0.15, 0.2) is 12.4 Å². The zero-order valence-electron chi connectivity index (χ0n) is 19.6. The maximum atomic E-state index is 13.0. The van der Waals surface area contributed by atoms with E-state index in [0.717, 1.165) is 44.9 Å². The molecule has 2 aliphatic rings. The quantitative estimate of drug-likeness (QED) is 0.753. The number of piperazine rings is 1. The molecular formula is C22H35F3N6O. The Balaban J connectivity index is 1.54. The highest BCUT2D eigenvalue weighted by molar-refractivity contribution is 5.75. The second-order valence-electron chi connectivity index (χ2n) is 10.3. The predicted molar refractivity (Wildman–Crippen MR) is 117 cm³/mol. The summed E-state index contributed by atoms with van der Waals surface area (Å²) in [6, 6.07) is -0.155. The Labute approximate surface area is 188 Å². The molecule has 32 heavy (non-hydrogen) atoms. The molecule has 2 atom stereocenters. The molecule has 2 fully saturated rings. The second kappa shape index (κ2) is 9.41. The van der Waals surface area contributed by atoms with Gasteiger partial charge in [0.15, 0.2) is 0 Å². The Bertz CT molecular complexity index is 759. The summed E-state index contributed by atoms with van der Waals surface area (Å²) >= 11 is 0. The van der Waals surface area contributed by atoms with E-state index in [1.165, 1.54) is 0 Å². The van der Waals surface area contributed by atoms with Crippen molar-refractivity contribution >= 4 is 12.0 Å². The molecule has 3 heterocycles. The fraction of sp³-hybridized carbons (Fsp3) is 0.773. The number of aromatic nitrogens is 2. The SMILES string of the molecule is C[C@@H]1CN(c2ncc(C(F)(F)F)cn2)C[C@@H](C)N1C(=O)NC1CCN(CC(C)(C)C)CC1. The summed E-state index contributed by atoms with van der Waals surface area (Å²) in [4.78, 5) is 27.0. The van der Waals surface area contributed by atoms with Gasteiger partial charge in [0.2, 0.25) is 5.95 Å². The van der Waals surface area contributed by atoms with Gasteiger partial charge in [-0.15, -0.1) is 0 Å². The standard InChI is InChI=1S/C22H35F3N6O/c1-15-12-30(19-26-10-17(11-27-19)22(23,24)25)13-16(2)31(15)20(32)28-18-6-8-29(9-7-18)14-21(3,4)5/h10-11,15-16,18H,6-9,12-14H2,1-5H3,(H,28,32)/t15-,16-/m1/s1. The van der Waals surface area contributed by atoms with E-state index in [0.29, 0.717) is 13.1 Å². The van der Waals surface area contributed by atoms with E-state index in [-0.39, 0.29) is 35.5 Å². The van der Waals surface area contributed by atoms with Crippen LogP contribution in [0.25, 0.3) is 0 Å². The number of halogens is 3. The van der Waals surface area contributed by atoms with Crippen molar-refractivity contribution in [3.63, 3.8) is 0 Å². The number of hydrogen-bond acceptors (Lipinski definition) is 5. The topological polar surface area (TPSA) is 64.6 Å². The molecule has 1 aromatic heterocycles. The fourth-order valence-corrected chi connectivity index (χ4v) is 4.67. The Morgan fingerprint density at radius 3 is 2.06 bits per heavy atom. The van der Waals surface area contributed by atoms with Gasteiger partial charge < -0.3 is 20.0 Å². The number of alkyl halides is 3. The van der Waals surface area contributed by atoms with E-state index in [4.69, 9.17) is 0 Å². The first-order chi connectivity index (χ1) is 14.8. The number of hydrogen-bond donors (Lipinski definition) is 1. The van der Waals surface area contributed by atoms with Crippen molar-refractivity contribution in [2.24, 2.45) is 5.41 Å². The van der Waals surface area contributed by atoms with Crippen molar-refractivity contribution in [2.45, 2.75) is 71.8 Å². The average molecular weight is 457 g/mol. The van der Waals surface area contributed by atoms with E-state index in [2.05, 4.69) is 41.0 Å². The van der Waals surface area contributed by atoms with Crippen LogP contribution in [0.1, 0.15) is 53.0 Å². The van der Waals surface area contributed by atoms with Gasteiger partial charge in [-0.2, -0.15) is 13.2 Å². The largest absolute Gasteiger partial charge is 0.419 e. The van der Waals surface area contributed by atoms with Gasteiger partial charge in [-0.25, -0.2) is 14.8 Å². The molecule has 2 saturated heterocycles. The number of rotatable bonds is 3. The fourth-order valence-electron chi connectivity index (χ4n) is 4.67. The third-order valence-electron chi connectivity index (χ3n) is 6.01. The van der Waals surface area contributed by atoms with Crippen LogP contribution in [-0.2, 0) is 6.18 Å². The van der Waals surface area contributed by atoms with Gasteiger partial charge in [0, 0.05) is 63.2 Å². The molecule has 10 heteroatoms. The van der Waals surface area contributed by atoms with Crippen molar-refractivity contribution in [1.82, 2.24) is 25.1 Å². The van der Waals surface area contributed by atoms with Gasteiger partial charge >= 0.3 is 12.2 Å². The van der Waals surface area contributed by atoms with Crippen LogP contribution in [0, 0.1) is 5.41 Å². The van der Waals surface area contributed by atoms with E-state index in [9.17, 15) is 18.0 Å². The summed E-state index contributed by atoms with van der Waals surface area (Å²) in [7, 11) is 0. The highest BCUT2D eigenvalue weighted by Crippen LogP contribution is 2.29. The van der Waals surface area contributed by atoms with Crippen LogP contribution >= 0.6 is 0 Å². The van der Waals surface area contributed by atoms with Crippen molar-refractivity contribution < 1.29 is 18.0 Å². The molecule has 1 N–H and O–H groups in total. The molecule has 0 spiro atoms. The maximum Gasteiger partial charge on any atom is 0.419 e.